The van der Waals surface area contributed by atoms with Crippen molar-refractivity contribution < 1.29 is 19.4 Å². The molecule has 1 heterocycles. The molecule has 2 aromatic carbocycles. The summed E-state index contributed by atoms with van der Waals surface area (Å²) in [5, 5.41) is 14.9. The molecule has 3 aromatic rings. The maximum atomic E-state index is 12.7. The lowest BCUT2D eigenvalue weighted by atomic mass is 10.0. The maximum Gasteiger partial charge on any atom is 0.305 e. The number of halogens is 1. The molecule has 144 valence electrons. The summed E-state index contributed by atoms with van der Waals surface area (Å²) in [6.07, 6.45) is -0.257. The SMILES string of the molecule is COc1cccc([C@H](CC(=O)O)NC(=O)c2csc(-c3ccc(Cl)cc3)n2)c1. The number of benzene rings is 2. The van der Waals surface area contributed by atoms with Gasteiger partial charge < -0.3 is 15.2 Å². The Kier molecular flexibility index (Phi) is 6.28. The number of carbonyl (C=O) groups excluding carboxylic acids is 1. The average molecular weight is 417 g/mol. The van der Waals surface area contributed by atoms with Crippen LogP contribution < -0.4 is 10.1 Å². The molecule has 0 aliphatic rings. The van der Waals surface area contributed by atoms with Gasteiger partial charge >= 0.3 is 5.97 Å². The molecule has 1 amide bonds. The molecule has 8 heteroatoms. The second-order valence-electron chi connectivity index (χ2n) is 5.95. The minimum Gasteiger partial charge on any atom is -0.497 e. The van der Waals surface area contributed by atoms with Gasteiger partial charge in [0.1, 0.15) is 16.5 Å². The molecule has 0 fully saturated rings. The van der Waals surface area contributed by atoms with Gasteiger partial charge in [-0.15, -0.1) is 11.3 Å². The third-order valence-corrected chi connectivity index (χ3v) is 5.15. The molecular formula is C20H17ClN2O4S. The van der Waals surface area contributed by atoms with Gasteiger partial charge in [-0.3, -0.25) is 9.59 Å². The lowest BCUT2D eigenvalue weighted by molar-refractivity contribution is -0.137. The summed E-state index contributed by atoms with van der Waals surface area (Å²) in [4.78, 5) is 28.3. The van der Waals surface area contributed by atoms with Crippen LogP contribution in [-0.4, -0.2) is 29.1 Å². The second kappa shape index (κ2) is 8.86. The van der Waals surface area contributed by atoms with E-state index in [1.165, 1.54) is 18.4 Å². The summed E-state index contributed by atoms with van der Waals surface area (Å²) in [5.41, 5.74) is 1.72. The van der Waals surface area contributed by atoms with Gasteiger partial charge in [0.25, 0.3) is 5.91 Å². The molecule has 2 N–H and O–H groups in total. The summed E-state index contributed by atoms with van der Waals surface area (Å²) >= 11 is 7.22. The van der Waals surface area contributed by atoms with Gasteiger partial charge in [-0.05, 0) is 29.8 Å². The highest BCUT2D eigenvalue weighted by Crippen LogP contribution is 2.26. The molecule has 0 unspecified atom stereocenters. The smallest absolute Gasteiger partial charge is 0.305 e. The fraction of sp³-hybridized carbons (Fsp3) is 0.150. The van der Waals surface area contributed by atoms with Crippen molar-refractivity contribution in [2.24, 2.45) is 0 Å². The monoisotopic (exact) mass is 416 g/mol. The summed E-state index contributed by atoms with van der Waals surface area (Å²) in [6, 6.07) is 13.4. The second-order valence-corrected chi connectivity index (χ2v) is 7.24. The summed E-state index contributed by atoms with van der Waals surface area (Å²) in [7, 11) is 1.53. The first kappa shape index (κ1) is 19.9. The van der Waals surface area contributed by atoms with Crippen LogP contribution in [0.1, 0.15) is 28.5 Å². The Balaban J connectivity index is 1.80. The van der Waals surface area contributed by atoms with E-state index in [1.54, 1.807) is 41.8 Å². The van der Waals surface area contributed by atoms with Gasteiger partial charge in [-0.25, -0.2) is 4.98 Å². The van der Waals surface area contributed by atoms with E-state index in [4.69, 9.17) is 16.3 Å². The number of aromatic nitrogens is 1. The van der Waals surface area contributed by atoms with Crippen molar-refractivity contribution >= 4 is 34.8 Å². The predicted molar refractivity (Wildman–Crippen MR) is 108 cm³/mol. The molecule has 0 saturated heterocycles. The Labute approximate surface area is 170 Å². The van der Waals surface area contributed by atoms with Crippen LogP contribution in [0.4, 0.5) is 0 Å². The molecule has 0 radical (unpaired) electrons. The average Bonchev–Trinajstić information content (AvgIpc) is 3.18. The van der Waals surface area contributed by atoms with Crippen LogP contribution in [0.5, 0.6) is 5.75 Å². The van der Waals surface area contributed by atoms with E-state index in [2.05, 4.69) is 10.3 Å². The van der Waals surface area contributed by atoms with Gasteiger partial charge in [0.15, 0.2) is 0 Å². The van der Waals surface area contributed by atoms with Gasteiger partial charge in [0.05, 0.1) is 19.6 Å². The van der Waals surface area contributed by atoms with Crippen molar-refractivity contribution in [3.05, 3.63) is 70.2 Å². The minimum absolute atomic E-state index is 0.230. The highest BCUT2D eigenvalue weighted by molar-refractivity contribution is 7.13. The Morgan fingerprint density at radius 3 is 2.68 bits per heavy atom. The minimum atomic E-state index is -1.02. The highest BCUT2D eigenvalue weighted by atomic mass is 35.5. The van der Waals surface area contributed by atoms with E-state index in [1.807, 2.05) is 12.1 Å². The standard InChI is InChI=1S/C20H17ClN2O4S/c1-27-15-4-2-3-13(9-15)16(10-18(24)25)22-19(26)17-11-28-20(23-17)12-5-7-14(21)8-6-12/h2-9,11,16H,10H2,1H3,(H,22,26)(H,24,25)/t16-/m0/s1. The third-order valence-electron chi connectivity index (χ3n) is 4.01. The number of carboxylic acid groups (broad SMARTS) is 1. The highest BCUT2D eigenvalue weighted by Gasteiger charge is 2.21. The fourth-order valence-electron chi connectivity index (χ4n) is 2.62. The largest absolute Gasteiger partial charge is 0.497 e. The quantitative estimate of drug-likeness (QED) is 0.595. The molecule has 0 saturated carbocycles. The van der Waals surface area contributed by atoms with E-state index in [9.17, 15) is 14.7 Å². The molecule has 3 rings (SSSR count). The van der Waals surface area contributed by atoms with Crippen LogP contribution in [0, 0.1) is 0 Å². The van der Waals surface area contributed by atoms with E-state index < -0.39 is 17.9 Å². The third kappa shape index (κ3) is 4.88. The number of rotatable bonds is 7. The van der Waals surface area contributed by atoms with Crippen LogP contribution >= 0.6 is 22.9 Å². The zero-order valence-corrected chi connectivity index (χ0v) is 16.5. The van der Waals surface area contributed by atoms with Crippen LogP contribution in [0.3, 0.4) is 0 Å². The molecule has 1 aromatic heterocycles. The van der Waals surface area contributed by atoms with E-state index >= 15 is 0 Å². The molecule has 28 heavy (non-hydrogen) atoms. The Hall–Kier alpha value is -2.90. The normalized spacial score (nSPS) is 11.6. The number of carboxylic acids is 1. The zero-order chi connectivity index (χ0) is 20.1. The first-order valence-corrected chi connectivity index (χ1v) is 9.60. The number of hydrogen-bond acceptors (Lipinski definition) is 5. The first-order chi connectivity index (χ1) is 13.5. The number of thiazole rings is 1. The van der Waals surface area contributed by atoms with Crippen LogP contribution in [0.2, 0.25) is 5.02 Å². The van der Waals surface area contributed by atoms with Gasteiger partial charge in [0.2, 0.25) is 0 Å². The van der Waals surface area contributed by atoms with E-state index in [0.29, 0.717) is 21.3 Å². The number of amides is 1. The maximum absolute atomic E-state index is 12.7. The van der Waals surface area contributed by atoms with Crippen molar-refractivity contribution in [1.29, 1.82) is 0 Å². The number of ether oxygens (including phenoxy) is 1. The molecule has 1 atom stereocenters. The topological polar surface area (TPSA) is 88.5 Å². The van der Waals surface area contributed by atoms with Gasteiger partial charge in [-0.1, -0.05) is 35.9 Å². The fourth-order valence-corrected chi connectivity index (χ4v) is 3.55. The van der Waals surface area contributed by atoms with Crippen molar-refractivity contribution in [3.8, 4) is 16.3 Å². The summed E-state index contributed by atoms with van der Waals surface area (Å²) < 4.78 is 5.18. The van der Waals surface area contributed by atoms with Crippen LogP contribution in [-0.2, 0) is 4.79 Å². The molecule has 0 aliphatic heterocycles. The number of nitrogens with zero attached hydrogens (tertiary/aromatic N) is 1. The van der Waals surface area contributed by atoms with Gasteiger partial charge in [0, 0.05) is 16.0 Å². The molecule has 0 spiro atoms. The first-order valence-electron chi connectivity index (χ1n) is 8.34. The number of hydrogen-bond donors (Lipinski definition) is 2. The molecule has 6 nitrogen and oxygen atoms in total. The number of methoxy groups -OCH3 is 1. The molecule has 0 aliphatic carbocycles. The molecular weight excluding hydrogens is 400 g/mol. The number of nitrogens with one attached hydrogen (secondary N) is 1. The Morgan fingerprint density at radius 1 is 1.25 bits per heavy atom. The Morgan fingerprint density at radius 2 is 2.00 bits per heavy atom. The zero-order valence-electron chi connectivity index (χ0n) is 14.9. The predicted octanol–water partition coefficient (Wildman–Crippen LogP) is 4.42. The summed E-state index contributed by atoms with van der Waals surface area (Å²) in [6.45, 7) is 0. The van der Waals surface area contributed by atoms with Crippen molar-refractivity contribution in [2.45, 2.75) is 12.5 Å². The van der Waals surface area contributed by atoms with Crippen LogP contribution in [0.25, 0.3) is 10.6 Å². The van der Waals surface area contributed by atoms with Gasteiger partial charge in [-0.2, -0.15) is 0 Å². The van der Waals surface area contributed by atoms with E-state index in [0.717, 1.165) is 5.56 Å². The van der Waals surface area contributed by atoms with Crippen molar-refractivity contribution in [3.63, 3.8) is 0 Å². The number of carbonyl (C=O) groups is 2. The lowest BCUT2D eigenvalue weighted by Gasteiger charge is -2.17. The Bertz CT molecular complexity index is 988. The number of aliphatic carboxylic acids is 1. The van der Waals surface area contributed by atoms with Crippen molar-refractivity contribution in [2.75, 3.05) is 7.11 Å². The van der Waals surface area contributed by atoms with Crippen molar-refractivity contribution in [1.82, 2.24) is 10.3 Å². The summed E-state index contributed by atoms with van der Waals surface area (Å²) in [5.74, 6) is -0.875. The molecule has 0 bridgehead atoms. The van der Waals surface area contributed by atoms with E-state index in [-0.39, 0.29) is 12.1 Å². The lowest BCUT2D eigenvalue weighted by Crippen LogP contribution is -2.30. The van der Waals surface area contributed by atoms with Crippen LogP contribution in [0.15, 0.2) is 53.9 Å².